The number of ether oxygens (including phenoxy) is 3. The first-order valence-corrected chi connectivity index (χ1v) is 16.5. The summed E-state index contributed by atoms with van der Waals surface area (Å²) in [6.45, 7) is 14.6. The van der Waals surface area contributed by atoms with Gasteiger partial charge in [0, 0.05) is 34.6 Å². The Morgan fingerprint density at radius 3 is 2.52 bits per heavy atom. The van der Waals surface area contributed by atoms with E-state index in [1.807, 2.05) is 13.0 Å². The van der Waals surface area contributed by atoms with Gasteiger partial charge in [-0.25, -0.2) is 4.79 Å². The lowest BCUT2D eigenvalue weighted by atomic mass is 9.60. The SMILES string of the molecule is C=C(C)C1CCC2(C(=O)OCC)CC13Oc1c(CC=C(CO)CCC=C(C)CCC=C(C)C)cc(O)cc1-c1c(O)ccc(c13)O2. The third kappa shape index (κ3) is 6.22. The summed E-state index contributed by atoms with van der Waals surface area (Å²) in [6.07, 6.45) is 11.7. The predicted octanol–water partition coefficient (Wildman–Crippen LogP) is 8.36. The molecule has 0 saturated heterocycles. The Balaban J connectivity index is 1.54. The van der Waals surface area contributed by atoms with Crippen molar-refractivity contribution in [2.24, 2.45) is 5.92 Å². The van der Waals surface area contributed by atoms with E-state index in [-0.39, 0.29) is 37.1 Å². The first kappa shape index (κ1) is 33.4. The number of hydrogen-bond donors (Lipinski definition) is 3. The summed E-state index contributed by atoms with van der Waals surface area (Å²) in [7, 11) is 0. The molecule has 3 aliphatic rings. The van der Waals surface area contributed by atoms with Crippen molar-refractivity contribution < 1.29 is 34.3 Å². The molecule has 1 spiro atoms. The van der Waals surface area contributed by atoms with E-state index in [1.165, 1.54) is 11.1 Å². The van der Waals surface area contributed by atoms with Crippen LogP contribution in [0.4, 0.5) is 0 Å². The molecule has 1 saturated carbocycles. The predicted molar refractivity (Wildman–Crippen MR) is 180 cm³/mol. The summed E-state index contributed by atoms with van der Waals surface area (Å²) in [4.78, 5) is 13.5. The van der Waals surface area contributed by atoms with Crippen LogP contribution in [-0.2, 0) is 21.6 Å². The van der Waals surface area contributed by atoms with Crippen LogP contribution in [0.15, 0.2) is 71.4 Å². The number of carbonyl (C=O) groups is 1. The average molecular weight is 629 g/mol. The number of aliphatic hydroxyl groups excluding tert-OH is 1. The summed E-state index contributed by atoms with van der Waals surface area (Å²) in [6, 6.07) is 6.53. The molecule has 0 amide bonds. The molecule has 1 fully saturated rings. The van der Waals surface area contributed by atoms with Crippen LogP contribution in [-0.4, -0.2) is 40.1 Å². The minimum absolute atomic E-state index is 0.0378. The zero-order valence-corrected chi connectivity index (χ0v) is 27.9. The third-order valence-corrected chi connectivity index (χ3v) is 9.63. The van der Waals surface area contributed by atoms with Crippen molar-refractivity contribution >= 4 is 5.97 Å². The van der Waals surface area contributed by atoms with Crippen molar-refractivity contribution in [3.05, 3.63) is 82.5 Å². The van der Waals surface area contributed by atoms with E-state index in [2.05, 4.69) is 39.5 Å². The molecule has 7 heteroatoms. The van der Waals surface area contributed by atoms with Gasteiger partial charge in [-0.1, -0.05) is 41.5 Å². The van der Waals surface area contributed by atoms with Crippen LogP contribution in [0.5, 0.6) is 23.0 Å². The number of aliphatic hydroxyl groups is 1. The zero-order valence-electron chi connectivity index (χ0n) is 27.9. The Hall–Kier alpha value is -3.97. The monoisotopic (exact) mass is 628 g/mol. The van der Waals surface area contributed by atoms with Crippen molar-refractivity contribution in [3.8, 4) is 34.1 Å². The molecule has 2 aliphatic heterocycles. The maximum Gasteiger partial charge on any atom is 0.350 e. The van der Waals surface area contributed by atoms with E-state index >= 15 is 0 Å². The van der Waals surface area contributed by atoms with E-state index in [1.54, 1.807) is 31.2 Å². The quantitative estimate of drug-likeness (QED) is 0.160. The van der Waals surface area contributed by atoms with Gasteiger partial charge in [0.2, 0.25) is 5.60 Å². The number of hydrogen-bond acceptors (Lipinski definition) is 7. The topological polar surface area (TPSA) is 105 Å². The van der Waals surface area contributed by atoms with Crippen molar-refractivity contribution in [3.63, 3.8) is 0 Å². The molecule has 5 rings (SSSR count). The maximum atomic E-state index is 13.5. The van der Waals surface area contributed by atoms with Crippen molar-refractivity contribution in [1.29, 1.82) is 0 Å². The highest BCUT2D eigenvalue weighted by atomic mass is 16.6. The Morgan fingerprint density at radius 2 is 1.83 bits per heavy atom. The van der Waals surface area contributed by atoms with Gasteiger partial charge in [-0.15, -0.1) is 0 Å². The van der Waals surface area contributed by atoms with Gasteiger partial charge in [-0.3, -0.25) is 0 Å². The van der Waals surface area contributed by atoms with E-state index in [4.69, 9.17) is 14.2 Å². The number of benzene rings is 2. The van der Waals surface area contributed by atoms with Crippen LogP contribution in [0.3, 0.4) is 0 Å². The lowest BCUT2D eigenvalue weighted by molar-refractivity contribution is -0.183. The maximum absolute atomic E-state index is 13.5. The van der Waals surface area contributed by atoms with E-state index < -0.39 is 17.2 Å². The fourth-order valence-corrected chi connectivity index (χ4v) is 7.44. The molecule has 3 atom stereocenters. The Kier molecular flexibility index (Phi) is 9.73. The van der Waals surface area contributed by atoms with Gasteiger partial charge in [-0.2, -0.15) is 0 Å². The molecule has 0 radical (unpaired) electrons. The minimum Gasteiger partial charge on any atom is -0.508 e. The largest absolute Gasteiger partial charge is 0.508 e. The van der Waals surface area contributed by atoms with Crippen LogP contribution in [0.1, 0.15) is 90.7 Å². The summed E-state index contributed by atoms with van der Waals surface area (Å²) >= 11 is 0. The van der Waals surface area contributed by atoms with Gasteiger partial charge < -0.3 is 29.5 Å². The lowest BCUT2D eigenvalue weighted by Gasteiger charge is -2.56. The number of esters is 1. The van der Waals surface area contributed by atoms with E-state index in [9.17, 15) is 20.1 Å². The molecule has 246 valence electrons. The van der Waals surface area contributed by atoms with Gasteiger partial charge in [0.1, 0.15) is 28.6 Å². The first-order valence-electron chi connectivity index (χ1n) is 16.5. The zero-order chi connectivity index (χ0) is 33.2. The Morgan fingerprint density at radius 1 is 1.07 bits per heavy atom. The molecule has 3 N–H and O–H groups in total. The number of allylic oxidation sites excluding steroid dienone is 5. The number of phenolic OH excluding ortho intramolecular Hbond substituents is 2. The fraction of sp³-hybridized carbons (Fsp3) is 0.462. The van der Waals surface area contributed by atoms with Crippen molar-refractivity contribution in [2.75, 3.05) is 13.2 Å². The number of phenols is 2. The standard InChI is InChI=1S/C39H48O7/c1-7-44-37(43)38-19-18-31(25(4)5)39(23-38)35-33(45-38)17-16-32(42)34(35)30-21-29(41)20-28(36(30)46-39)15-14-27(22-40)13-9-12-26(6)11-8-10-24(2)3/h10,12,14,16-17,20-21,31,40-42H,4,7-9,11,13,15,18-19,22-23H2,1-3,5-6H3. The second kappa shape index (κ2) is 13.4. The van der Waals surface area contributed by atoms with Gasteiger partial charge in [-0.05, 0) is 109 Å². The van der Waals surface area contributed by atoms with Crippen molar-refractivity contribution in [1.82, 2.24) is 0 Å². The highest BCUT2D eigenvalue weighted by Crippen LogP contribution is 2.65. The molecule has 7 nitrogen and oxygen atoms in total. The molecule has 46 heavy (non-hydrogen) atoms. The second-order valence-corrected chi connectivity index (χ2v) is 13.4. The average Bonchev–Trinajstić information content (AvgIpc) is 3.00. The first-order chi connectivity index (χ1) is 21.9. The second-order valence-electron chi connectivity index (χ2n) is 13.4. The third-order valence-electron chi connectivity index (χ3n) is 9.63. The lowest BCUT2D eigenvalue weighted by Crippen LogP contribution is -2.62. The van der Waals surface area contributed by atoms with Crippen LogP contribution in [0.2, 0.25) is 0 Å². The van der Waals surface area contributed by atoms with Gasteiger partial charge >= 0.3 is 5.97 Å². The van der Waals surface area contributed by atoms with Crippen LogP contribution < -0.4 is 9.47 Å². The van der Waals surface area contributed by atoms with E-state index in [0.29, 0.717) is 53.9 Å². The molecule has 3 unspecified atom stereocenters. The summed E-state index contributed by atoms with van der Waals surface area (Å²) in [5.74, 6) is 0.484. The smallest absolute Gasteiger partial charge is 0.350 e. The summed E-state index contributed by atoms with van der Waals surface area (Å²) in [5.41, 5.74) is 4.66. The van der Waals surface area contributed by atoms with Crippen LogP contribution in [0, 0.1) is 5.92 Å². The minimum atomic E-state index is -1.24. The molecule has 1 aliphatic carbocycles. The fourth-order valence-electron chi connectivity index (χ4n) is 7.44. The molecular formula is C39H48O7. The highest BCUT2D eigenvalue weighted by molar-refractivity contribution is 5.88. The van der Waals surface area contributed by atoms with Crippen LogP contribution in [0.25, 0.3) is 11.1 Å². The summed E-state index contributed by atoms with van der Waals surface area (Å²) < 4.78 is 19.1. The molecule has 2 aromatic rings. The summed E-state index contributed by atoms with van der Waals surface area (Å²) in [5, 5.41) is 32.4. The molecule has 2 heterocycles. The highest BCUT2D eigenvalue weighted by Gasteiger charge is 2.64. The molecule has 0 aromatic heterocycles. The van der Waals surface area contributed by atoms with Gasteiger partial charge in [0.05, 0.1) is 13.2 Å². The van der Waals surface area contributed by atoms with Gasteiger partial charge in [0.15, 0.2) is 0 Å². The number of aromatic hydroxyl groups is 2. The number of fused-ring (bicyclic) bond motifs is 3. The van der Waals surface area contributed by atoms with Crippen LogP contribution >= 0.6 is 0 Å². The number of carbonyl (C=O) groups excluding carboxylic acids is 1. The number of rotatable bonds is 12. The normalized spacial score (nSPS) is 23.0. The molecule has 2 aromatic carbocycles. The molecular weight excluding hydrogens is 580 g/mol. The van der Waals surface area contributed by atoms with Gasteiger partial charge in [0.25, 0.3) is 0 Å². The Labute approximate surface area is 272 Å². The van der Waals surface area contributed by atoms with Crippen molar-refractivity contribution in [2.45, 2.75) is 97.2 Å². The molecule has 2 bridgehead atoms. The van der Waals surface area contributed by atoms with E-state index in [0.717, 1.165) is 36.0 Å². The Bertz CT molecular complexity index is 1610.